The van der Waals surface area contributed by atoms with Gasteiger partial charge >= 0.3 is 5.69 Å². The summed E-state index contributed by atoms with van der Waals surface area (Å²) in [6.45, 7) is 0. The predicted octanol–water partition coefficient (Wildman–Crippen LogP) is -1.65. The quantitative estimate of drug-likeness (QED) is 0.609. The minimum absolute atomic E-state index is 0.186. The first-order chi connectivity index (χ1) is 8.34. The Labute approximate surface area is 104 Å². The summed E-state index contributed by atoms with van der Waals surface area (Å²) in [5.74, 6) is -0.0839. The van der Waals surface area contributed by atoms with Crippen molar-refractivity contribution < 1.29 is 8.76 Å². The molecule has 1 unspecified atom stereocenters. The molecule has 1 atom stereocenters. The third kappa shape index (κ3) is 1.71. The Balaban J connectivity index is 2.93. The molecule has 98 valence electrons. The van der Waals surface area contributed by atoms with Gasteiger partial charge in [-0.2, -0.15) is 0 Å². The van der Waals surface area contributed by atoms with Crippen LogP contribution in [0.3, 0.4) is 0 Å². The summed E-state index contributed by atoms with van der Waals surface area (Å²) in [5, 5.41) is 0. The first-order valence-electron chi connectivity index (χ1n) is 5.01. The highest BCUT2D eigenvalue weighted by molar-refractivity contribution is 7.78. The molecule has 0 aromatic carbocycles. The fourth-order valence-corrected chi connectivity index (χ4v) is 2.27. The zero-order valence-corrected chi connectivity index (χ0v) is 10.9. The van der Waals surface area contributed by atoms with Crippen LogP contribution in [0.5, 0.6) is 0 Å². The van der Waals surface area contributed by atoms with Gasteiger partial charge in [0.05, 0.1) is 5.75 Å². The molecule has 0 aliphatic rings. The van der Waals surface area contributed by atoms with E-state index in [4.69, 9.17) is 0 Å². The molecule has 0 aliphatic carbocycles. The molecule has 0 radical (unpaired) electrons. The van der Waals surface area contributed by atoms with Gasteiger partial charge in [0, 0.05) is 21.1 Å². The normalized spacial score (nSPS) is 13.1. The predicted molar refractivity (Wildman–Crippen MR) is 63.8 cm³/mol. The highest BCUT2D eigenvalue weighted by Gasteiger charge is 2.16. The number of nitrogens with zero attached hydrogens (tertiary/aromatic N) is 4. The molecule has 0 bridgehead atoms. The van der Waals surface area contributed by atoms with Crippen molar-refractivity contribution >= 4 is 22.2 Å². The Bertz CT molecular complexity index is 769. The van der Waals surface area contributed by atoms with E-state index in [1.54, 1.807) is 7.05 Å². The summed E-state index contributed by atoms with van der Waals surface area (Å²) in [6.07, 6.45) is 0. The van der Waals surface area contributed by atoms with Crippen LogP contribution in [-0.2, 0) is 38.0 Å². The molecule has 9 heteroatoms. The van der Waals surface area contributed by atoms with Crippen LogP contribution in [0.15, 0.2) is 9.59 Å². The van der Waals surface area contributed by atoms with E-state index < -0.39 is 22.3 Å². The number of aromatic nitrogens is 4. The molecule has 0 amide bonds. The number of hydrogen-bond donors (Lipinski definition) is 0. The van der Waals surface area contributed by atoms with Gasteiger partial charge < -0.3 is 9.12 Å². The van der Waals surface area contributed by atoms with Gasteiger partial charge in [-0.25, -0.2) is 9.78 Å². The molecule has 0 N–H and O–H groups in total. The lowest BCUT2D eigenvalue weighted by atomic mass is 10.5. The number of rotatable bonds is 2. The van der Waals surface area contributed by atoms with Gasteiger partial charge in [-0.15, -0.1) is 0 Å². The summed E-state index contributed by atoms with van der Waals surface area (Å²) in [4.78, 5) is 27.7. The smallest absolute Gasteiger partial charge is 0.332 e. The molecule has 18 heavy (non-hydrogen) atoms. The number of aryl methyl sites for hydroxylation is 2. The van der Waals surface area contributed by atoms with E-state index in [2.05, 4.69) is 4.98 Å². The van der Waals surface area contributed by atoms with Crippen LogP contribution in [-0.4, -0.2) is 27.4 Å². The maximum Gasteiger partial charge on any atom is 0.332 e. The first kappa shape index (κ1) is 12.7. The molecule has 0 spiro atoms. The van der Waals surface area contributed by atoms with Crippen molar-refractivity contribution in [3.05, 3.63) is 26.7 Å². The van der Waals surface area contributed by atoms with E-state index in [-0.39, 0.29) is 22.7 Å². The summed E-state index contributed by atoms with van der Waals surface area (Å²) in [6, 6.07) is 0. The summed E-state index contributed by atoms with van der Waals surface area (Å²) in [7, 11) is 4.39. The van der Waals surface area contributed by atoms with Gasteiger partial charge in [-0.3, -0.25) is 18.1 Å². The topological polar surface area (TPSA) is 102 Å². The number of hydrogen-bond acceptors (Lipinski definition) is 5. The third-order valence-electron chi connectivity index (χ3n) is 2.82. The van der Waals surface area contributed by atoms with E-state index in [0.29, 0.717) is 0 Å². The maximum absolute atomic E-state index is 12.0. The highest BCUT2D eigenvalue weighted by atomic mass is 32.2. The van der Waals surface area contributed by atoms with Gasteiger partial charge in [-0.1, -0.05) is 0 Å². The van der Waals surface area contributed by atoms with E-state index >= 15 is 0 Å². The van der Waals surface area contributed by atoms with Crippen molar-refractivity contribution in [2.45, 2.75) is 5.75 Å². The molecule has 0 saturated carbocycles. The van der Waals surface area contributed by atoms with Crippen molar-refractivity contribution in [3.63, 3.8) is 0 Å². The Hall–Kier alpha value is -1.74. The number of fused-ring (bicyclic) bond motifs is 1. The fourth-order valence-electron chi connectivity index (χ4n) is 1.80. The van der Waals surface area contributed by atoms with Gasteiger partial charge in [0.25, 0.3) is 5.56 Å². The summed E-state index contributed by atoms with van der Waals surface area (Å²) < 4.78 is 25.0. The van der Waals surface area contributed by atoms with E-state index in [9.17, 15) is 18.4 Å². The Morgan fingerprint density at radius 3 is 2.33 bits per heavy atom. The maximum atomic E-state index is 12.0. The van der Waals surface area contributed by atoms with E-state index in [1.807, 2.05) is 0 Å². The lowest BCUT2D eigenvalue weighted by Crippen LogP contribution is -2.37. The summed E-state index contributed by atoms with van der Waals surface area (Å²) in [5.41, 5.74) is -0.600. The second-order valence-electron chi connectivity index (χ2n) is 3.91. The third-order valence-corrected chi connectivity index (χ3v) is 3.31. The molecule has 0 aliphatic heterocycles. The average molecular weight is 271 g/mol. The summed E-state index contributed by atoms with van der Waals surface area (Å²) >= 11 is -2.31. The fraction of sp³-hybridized carbons (Fsp3) is 0.444. The van der Waals surface area contributed by atoms with Crippen LogP contribution in [0, 0.1) is 0 Å². The molecule has 2 aromatic heterocycles. The molecule has 2 aromatic rings. The first-order valence-corrected chi connectivity index (χ1v) is 6.26. The molecule has 2 rings (SSSR count). The van der Waals surface area contributed by atoms with Gasteiger partial charge in [0.2, 0.25) is 0 Å². The Kier molecular flexibility index (Phi) is 2.95. The van der Waals surface area contributed by atoms with Crippen LogP contribution >= 0.6 is 0 Å². The molecule has 2 heterocycles. The second-order valence-corrected chi connectivity index (χ2v) is 4.81. The van der Waals surface area contributed by atoms with Gasteiger partial charge in [-0.05, 0) is 11.1 Å². The van der Waals surface area contributed by atoms with Crippen LogP contribution in [0.2, 0.25) is 0 Å². The van der Waals surface area contributed by atoms with Crippen LogP contribution < -0.4 is 11.2 Å². The minimum Gasteiger partial charge on any atom is -0.772 e. The van der Waals surface area contributed by atoms with E-state index in [1.165, 1.54) is 23.2 Å². The molecule has 8 nitrogen and oxygen atoms in total. The van der Waals surface area contributed by atoms with Crippen molar-refractivity contribution in [2.24, 2.45) is 21.1 Å². The molecular formula is C9H11N4O4S-. The zero-order chi connectivity index (χ0) is 13.6. The number of imidazole rings is 1. The standard InChI is InChI=1S/C9H12N4O4S/c1-11-5(4-18(16)17)10-7-6(11)8(14)13(3)9(15)12(7)2/h4H2,1-3H3,(H,16,17)/p-1. The highest BCUT2D eigenvalue weighted by Crippen LogP contribution is 2.09. The van der Waals surface area contributed by atoms with Crippen molar-refractivity contribution in [3.8, 4) is 0 Å². The average Bonchev–Trinajstić information content (AvgIpc) is 2.61. The second kappa shape index (κ2) is 4.18. The largest absolute Gasteiger partial charge is 0.772 e. The van der Waals surface area contributed by atoms with E-state index in [0.717, 1.165) is 4.57 Å². The van der Waals surface area contributed by atoms with Crippen molar-refractivity contribution in [1.82, 2.24) is 18.7 Å². The monoisotopic (exact) mass is 271 g/mol. The van der Waals surface area contributed by atoms with Gasteiger partial charge in [0.15, 0.2) is 11.2 Å². The Morgan fingerprint density at radius 1 is 1.17 bits per heavy atom. The zero-order valence-electron chi connectivity index (χ0n) is 10.0. The molecule has 0 saturated heterocycles. The van der Waals surface area contributed by atoms with Crippen molar-refractivity contribution in [2.75, 3.05) is 0 Å². The van der Waals surface area contributed by atoms with Gasteiger partial charge in [0.1, 0.15) is 5.82 Å². The lowest BCUT2D eigenvalue weighted by Gasteiger charge is -2.04. The van der Waals surface area contributed by atoms with Crippen molar-refractivity contribution in [1.29, 1.82) is 0 Å². The van der Waals surface area contributed by atoms with Crippen LogP contribution in [0.1, 0.15) is 5.82 Å². The Morgan fingerprint density at radius 2 is 1.78 bits per heavy atom. The van der Waals surface area contributed by atoms with Crippen LogP contribution in [0.25, 0.3) is 11.2 Å². The SMILES string of the molecule is Cn1c(=O)c2c(nc(CS(=O)[O-])n2C)n(C)c1=O. The lowest BCUT2D eigenvalue weighted by molar-refractivity contribution is 0.534. The minimum atomic E-state index is -2.31. The molecular weight excluding hydrogens is 260 g/mol. The van der Waals surface area contributed by atoms with Crippen LogP contribution in [0.4, 0.5) is 0 Å². The molecule has 0 fully saturated rings.